The lowest BCUT2D eigenvalue weighted by Gasteiger charge is -2.35. The van der Waals surface area contributed by atoms with Crippen LogP contribution < -0.4 is 18.9 Å². The summed E-state index contributed by atoms with van der Waals surface area (Å²) in [7, 11) is 2.10. The summed E-state index contributed by atoms with van der Waals surface area (Å²) in [5, 5.41) is 12.2. The summed E-state index contributed by atoms with van der Waals surface area (Å²) in [6.45, 7) is 12.0. The van der Waals surface area contributed by atoms with E-state index in [2.05, 4.69) is 48.8 Å². The van der Waals surface area contributed by atoms with Gasteiger partial charge in [-0.3, -0.25) is 9.80 Å². The van der Waals surface area contributed by atoms with Crippen molar-refractivity contribution in [2.24, 2.45) is 0 Å². The van der Waals surface area contributed by atoms with Gasteiger partial charge in [0.2, 0.25) is 12.0 Å². The van der Waals surface area contributed by atoms with Gasteiger partial charge in [0.1, 0.15) is 47.8 Å². The quantitative estimate of drug-likeness (QED) is 0.131. The molecule has 7 heterocycles. The number of carboxylic acids is 1. The van der Waals surface area contributed by atoms with Gasteiger partial charge in [0, 0.05) is 80.1 Å². The van der Waals surface area contributed by atoms with Crippen LogP contribution in [0.3, 0.4) is 0 Å². The van der Waals surface area contributed by atoms with E-state index in [-0.39, 0.29) is 30.4 Å². The first kappa shape index (κ1) is 48.6. The Bertz CT molecular complexity index is 3050. The lowest BCUT2D eigenvalue weighted by molar-refractivity contribution is -0.145. The molecule has 4 aromatic carbocycles. The molecule has 2 atom stereocenters. The van der Waals surface area contributed by atoms with Crippen molar-refractivity contribution >= 4 is 50.7 Å². The second kappa shape index (κ2) is 21.4. The van der Waals surface area contributed by atoms with Crippen molar-refractivity contribution in [3.05, 3.63) is 129 Å². The summed E-state index contributed by atoms with van der Waals surface area (Å²) in [5.74, 6) is -0.298. The first-order chi connectivity index (χ1) is 34.5. The van der Waals surface area contributed by atoms with Gasteiger partial charge in [-0.1, -0.05) is 53.5 Å². The van der Waals surface area contributed by atoms with E-state index in [0.717, 1.165) is 71.0 Å². The summed E-state index contributed by atoms with van der Waals surface area (Å²) in [4.78, 5) is 40.6. The van der Waals surface area contributed by atoms with Crippen LogP contribution in [0.5, 0.6) is 23.1 Å². The SMILES string of the molecule is Cc1c(Cl)c2c(Cl)c(C)c1-c1c(-c3ccc(F)cc3)sc3ncnc(c13)O[C@@H](C(=O)O)c1cc(ccc1OCc1ccnc(-c3cccc(CCN4CCOCC4)c3)n1)OC[C@@H](CN1CCN(C)CC1)O2. The Balaban J connectivity index is 1.05. The van der Waals surface area contributed by atoms with Crippen LogP contribution >= 0.6 is 34.5 Å². The van der Waals surface area contributed by atoms with E-state index >= 15 is 0 Å². The molecule has 11 rings (SSSR count). The van der Waals surface area contributed by atoms with E-state index in [4.69, 9.17) is 51.9 Å². The Morgan fingerprint density at radius 1 is 0.873 bits per heavy atom. The van der Waals surface area contributed by atoms with Crippen molar-refractivity contribution in [1.82, 2.24) is 34.6 Å². The normalized spacial score (nSPS) is 17.9. The summed E-state index contributed by atoms with van der Waals surface area (Å²) in [5.41, 5.74) is 6.03. The molecule has 0 amide bonds. The molecule has 2 fully saturated rings. The van der Waals surface area contributed by atoms with Crippen molar-refractivity contribution in [2.45, 2.75) is 39.1 Å². The Hall–Kier alpha value is -5.98. The lowest BCUT2D eigenvalue weighted by atomic mass is 9.92. The average Bonchev–Trinajstić information content (AvgIpc) is 3.77. The fourth-order valence-electron chi connectivity index (χ4n) is 9.31. The molecule has 0 spiro atoms. The number of aromatic nitrogens is 4. The number of hydrogen-bond donors (Lipinski definition) is 1. The number of thiophene rings is 1. The monoisotopic (exact) mass is 1020 g/mol. The van der Waals surface area contributed by atoms with Crippen molar-refractivity contribution in [1.29, 1.82) is 0 Å². The van der Waals surface area contributed by atoms with E-state index in [9.17, 15) is 14.3 Å². The Morgan fingerprint density at radius 3 is 2.41 bits per heavy atom. The van der Waals surface area contributed by atoms with Gasteiger partial charge in [-0.2, -0.15) is 0 Å². The number of aliphatic carboxylic acids is 1. The molecular formula is C53H52Cl2FN7O7S. The topological polar surface area (TPSA) is 145 Å². The van der Waals surface area contributed by atoms with Gasteiger partial charge in [-0.05, 0) is 97.6 Å². The number of carboxylic acid groups (broad SMARTS) is 1. The molecule has 4 aliphatic heterocycles. The first-order valence-corrected chi connectivity index (χ1v) is 25.1. The van der Waals surface area contributed by atoms with Crippen LogP contribution in [-0.4, -0.2) is 131 Å². The van der Waals surface area contributed by atoms with Gasteiger partial charge in [0.05, 0.1) is 34.3 Å². The molecule has 14 nitrogen and oxygen atoms in total. The Labute approximate surface area is 424 Å². The van der Waals surface area contributed by atoms with Crippen molar-refractivity contribution in [2.75, 3.05) is 79.2 Å². The number of hydrogen-bond acceptors (Lipinski definition) is 14. The van der Waals surface area contributed by atoms with Crippen LogP contribution in [0.4, 0.5) is 4.39 Å². The first-order valence-electron chi connectivity index (χ1n) is 23.6. The number of likely N-dealkylation sites (N-methyl/N-ethyl adjacent to an activating group) is 1. The number of benzene rings is 4. The van der Waals surface area contributed by atoms with Crippen LogP contribution in [0.25, 0.3) is 43.2 Å². The summed E-state index contributed by atoms with van der Waals surface area (Å²) in [6, 6.07) is 21.1. The van der Waals surface area contributed by atoms with Gasteiger partial charge in [-0.25, -0.2) is 29.1 Å². The van der Waals surface area contributed by atoms with Crippen LogP contribution in [0.15, 0.2) is 85.3 Å². The van der Waals surface area contributed by atoms with E-state index in [1.54, 1.807) is 42.6 Å². The van der Waals surface area contributed by atoms with Crippen molar-refractivity contribution in [3.63, 3.8) is 0 Å². The molecule has 18 heteroatoms. The summed E-state index contributed by atoms with van der Waals surface area (Å²) < 4.78 is 46.4. The molecule has 0 aliphatic carbocycles. The molecule has 0 unspecified atom stereocenters. The zero-order valence-electron chi connectivity index (χ0n) is 39.5. The van der Waals surface area contributed by atoms with Gasteiger partial charge >= 0.3 is 5.97 Å². The molecule has 0 radical (unpaired) electrons. The highest BCUT2D eigenvalue weighted by Gasteiger charge is 2.33. The average molecular weight is 1020 g/mol. The fourth-order valence-corrected chi connectivity index (χ4v) is 11.0. The van der Waals surface area contributed by atoms with E-state index in [1.165, 1.54) is 35.4 Å². The van der Waals surface area contributed by atoms with E-state index < -0.39 is 24.0 Å². The number of nitrogens with zero attached hydrogens (tertiary/aromatic N) is 7. The fraction of sp³-hybridized carbons (Fsp3) is 0.340. The molecule has 7 aromatic rings. The van der Waals surface area contributed by atoms with Crippen LogP contribution in [-0.2, 0) is 22.6 Å². The summed E-state index contributed by atoms with van der Waals surface area (Å²) >= 11 is 16.0. The lowest BCUT2D eigenvalue weighted by Crippen LogP contribution is -2.49. The number of rotatable bonds is 11. The number of ether oxygens (including phenoxy) is 5. The maximum Gasteiger partial charge on any atom is 0.349 e. The van der Waals surface area contributed by atoms with Crippen molar-refractivity contribution in [3.8, 4) is 56.1 Å². The molecule has 2 saturated heterocycles. The number of carbonyl (C=O) groups is 1. The minimum atomic E-state index is -1.67. The third kappa shape index (κ3) is 10.7. The maximum atomic E-state index is 14.4. The van der Waals surface area contributed by atoms with Crippen LogP contribution in [0, 0.1) is 19.7 Å². The minimum Gasteiger partial charge on any atom is -0.490 e. The number of morpholine rings is 1. The molecule has 1 N–H and O–H groups in total. The predicted octanol–water partition coefficient (Wildman–Crippen LogP) is 9.59. The Morgan fingerprint density at radius 2 is 1.65 bits per heavy atom. The zero-order chi connectivity index (χ0) is 49.2. The number of halogens is 3. The highest BCUT2D eigenvalue weighted by atomic mass is 35.5. The largest absolute Gasteiger partial charge is 0.490 e. The summed E-state index contributed by atoms with van der Waals surface area (Å²) in [6.07, 6.45) is 1.66. The molecular weight excluding hydrogens is 969 g/mol. The highest BCUT2D eigenvalue weighted by Crippen LogP contribution is 2.53. The van der Waals surface area contributed by atoms with Gasteiger partial charge in [-0.15, -0.1) is 11.3 Å². The zero-order valence-corrected chi connectivity index (χ0v) is 41.8. The molecule has 0 saturated carbocycles. The number of fused-ring (bicyclic) bond motifs is 6. The second-order valence-electron chi connectivity index (χ2n) is 18.0. The standard InChI is InChI=1S/C53H52Cl2FN7O7S/c1-31-42-32(2)46(55)48(45(31)54)69-39(27-63-19-17-61(3)18-20-63)29-67-38-11-12-41(68-28-37-13-15-57-50(60-37)35-6-4-5-33(25-35)14-16-62-21-23-66-24-22-62)40(26-38)47(53(64)65)70-51-44-43(42)49(71-52(44)59-30-58-51)34-7-9-36(56)10-8-34/h4-13,15,25-26,30,39,47H,14,16-24,27-29H2,1-3H3,(H,64,65)/t39-,47-/m1/s1. The highest BCUT2D eigenvalue weighted by molar-refractivity contribution is 7.22. The minimum absolute atomic E-state index is 0.0161. The molecule has 3 aromatic heterocycles. The van der Waals surface area contributed by atoms with E-state index in [0.29, 0.717) is 82.5 Å². The van der Waals surface area contributed by atoms with Crippen LogP contribution in [0.1, 0.15) is 34.1 Å². The number of piperazine rings is 1. The maximum absolute atomic E-state index is 14.4. The molecule has 71 heavy (non-hydrogen) atoms. The van der Waals surface area contributed by atoms with Gasteiger partial charge in [0.25, 0.3) is 0 Å². The molecule has 368 valence electrons. The van der Waals surface area contributed by atoms with Crippen LogP contribution in [0.2, 0.25) is 10.0 Å². The molecule has 4 aliphatic rings. The smallest absolute Gasteiger partial charge is 0.349 e. The third-order valence-corrected chi connectivity index (χ3v) is 15.3. The van der Waals surface area contributed by atoms with Crippen molar-refractivity contribution < 1.29 is 38.0 Å². The van der Waals surface area contributed by atoms with E-state index in [1.807, 2.05) is 26.0 Å². The van der Waals surface area contributed by atoms with Gasteiger partial charge in [0.15, 0.2) is 11.6 Å². The van der Waals surface area contributed by atoms with Gasteiger partial charge < -0.3 is 33.7 Å². The Kier molecular flexibility index (Phi) is 14.7. The predicted molar refractivity (Wildman–Crippen MR) is 272 cm³/mol. The molecule has 4 bridgehead atoms. The second-order valence-corrected chi connectivity index (χ2v) is 19.8. The third-order valence-electron chi connectivity index (χ3n) is 13.2.